The summed E-state index contributed by atoms with van der Waals surface area (Å²) in [5.74, 6) is -0.188. The fourth-order valence-electron chi connectivity index (χ4n) is 1.46. The van der Waals surface area contributed by atoms with Crippen molar-refractivity contribution >= 4 is 28.9 Å². The van der Waals surface area contributed by atoms with Gasteiger partial charge in [-0.15, -0.1) is 0 Å². The summed E-state index contributed by atoms with van der Waals surface area (Å²) < 4.78 is 0. The minimum Gasteiger partial charge on any atom is -0.325 e. The fourth-order valence-corrected chi connectivity index (χ4v) is 1.71. The minimum atomic E-state index is -0.567. The number of anilines is 1. The summed E-state index contributed by atoms with van der Waals surface area (Å²) in [5, 5.41) is 16.3. The van der Waals surface area contributed by atoms with Crippen molar-refractivity contribution in [3.63, 3.8) is 0 Å². The molecule has 0 bridgehead atoms. The van der Waals surface area contributed by atoms with Gasteiger partial charge in [0.25, 0.3) is 5.69 Å². The van der Waals surface area contributed by atoms with Gasteiger partial charge >= 0.3 is 0 Å². The van der Waals surface area contributed by atoms with Gasteiger partial charge in [0.15, 0.2) is 0 Å². The summed E-state index contributed by atoms with van der Waals surface area (Å²) in [6.45, 7) is 0.235. The van der Waals surface area contributed by atoms with Crippen molar-refractivity contribution in [1.29, 1.82) is 0 Å². The molecular formula is C11H12ClN3O3. The van der Waals surface area contributed by atoms with Crippen molar-refractivity contribution in [3.8, 4) is 0 Å². The first-order valence-electron chi connectivity index (χ1n) is 5.53. The molecule has 1 aromatic rings. The van der Waals surface area contributed by atoms with Crippen LogP contribution in [0.4, 0.5) is 11.4 Å². The Morgan fingerprint density at radius 3 is 2.78 bits per heavy atom. The maximum absolute atomic E-state index is 11.5. The average Bonchev–Trinajstić information content (AvgIpc) is 3.09. The molecule has 0 unspecified atom stereocenters. The summed E-state index contributed by atoms with van der Waals surface area (Å²) in [6, 6.07) is 4.55. The van der Waals surface area contributed by atoms with Gasteiger partial charge in [-0.3, -0.25) is 14.9 Å². The summed E-state index contributed by atoms with van der Waals surface area (Å²) in [6.07, 6.45) is 2.22. The van der Waals surface area contributed by atoms with E-state index in [1.807, 2.05) is 0 Å². The van der Waals surface area contributed by atoms with Gasteiger partial charge in [-0.2, -0.15) is 0 Å². The van der Waals surface area contributed by atoms with Gasteiger partial charge < -0.3 is 10.6 Å². The van der Waals surface area contributed by atoms with Gasteiger partial charge in [0.1, 0.15) is 5.02 Å². The molecule has 0 atom stereocenters. The highest BCUT2D eigenvalue weighted by Crippen LogP contribution is 2.27. The van der Waals surface area contributed by atoms with Crippen LogP contribution in [0.3, 0.4) is 0 Å². The van der Waals surface area contributed by atoms with Crippen molar-refractivity contribution in [2.45, 2.75) is 18.9 Å². The molecule has 0 aromatic heterocycles. The Kier molecular flexibility index (Phi) is 3.78. The van der Waals surface area contributed by atoms with Crippen LogP contribution < -0.4 is 10.6 Å². The molecule has 96 valence electrons. The van der Waals surface area contributed by atoms with Gasteiger partial charge in [0.05, 0.1) is 11.5 Å². The van der Waals surface area contributed by atoms with Crippen molar-refractivity contribution in [2.75, 3.05) is 11.9 Å². The second-order valence-corrected chi connectivity index (χ2v) is 4.53. The SMILES string of the molecule is O=C(CNC1CC1)Nc1ccc([N+](=O)[O-])c(Cl)c1. The fraction of sp³-hybridized carbons (Fsp3) is 0.364. The Morgan fingerprint density at radius 1 is 1.50 bits per heavy atom. The molecule has 1 saturated carbocycles. The highest BCUT2D eigenvalue weighted by molar-refractivity contribution is 6.33. The maximum Gasteiger partial charge on any atom is 0.288 e. The molecule has 7 heteroatoms. The normalized spacial score (nSPS) is 14.3. The number of benzene rings is 1. The zero-order chi connectivity index (χ0) is 13.1. The molecule has 0 aliphatic heterocycles. The number of nitro groups is 1. The van der Waals surface area contributed by atoms with Crippen LogP contribution in [0, 0.1) is 10.1 Å². The Labute approximate surface area is 108 Å². The molecule has 18 heavy (non-hydrogen) atoms. The molecule has 0 spiro atoms. The first-order valence-corrected chi connectivity index (χ1v) is 5.91. The van der Waals surface area contributed by atoms with Crippen LogP contribution in [0.2, 0.25) is 5.02 Å². The smallest absolute Gasteiger partial charge is 0.288 e. The lowest BCUT2D eigenvalue weighted by molar-refractivity contribution is -0.384. The van der Waals surface area contributed by atoms with E-state index >= 15 is 0 Å². The van der Waals surface area contributed by atoms with Crippen molar-refractivity contribution in [3.05, 3.63) is 33.3 Å². The highest BCUT2D eigenvalue weighted by atomic mass is 35.5. The molecule has 1 aromatic carbocycles. The lowest BCUT2D eigenvalue weighted by Gasteiger charge is -2.06. The third kappa shape index (κ3) is 3.41. The highest BCUT2D eigenvalue weighted by Gasteiger charge is 2.21. The van der Waals surface area contributed by atoms with Gasteiger partial charge in [0, 0.05) is 17.8 Å². The predicted molar refractivity (Wildman–Crippen MR) is 67.8 cm³/mol. The zero-order valence-corrected chi connectivity index (χ0v) is 10.2. The largest absolute Gasteiger partial charge is 0.325 e. The number of nitrogens with one attached hydrogen (secondary N) is 2. The van der Waals surface area contributed by atoms with Crippen molar-refractivity contribution in [1.82, 2.24) is 5.32 Å². The molecule has 0 radical (unpaired) electrons. The molecule has 1 fully saturated rings. The summed E-state index contributed by atoms with van der Waals surface area (Å²) >= 11 is 5.74. The Bertz CT molecular complexity index is 488. The summed E-state index contributed by atoms with van der Waals surface area (Å²) in [5.41, 5.74) is 0.277. The summed E-state index contributed by atoms with van der Waals surface area (Å²) in [7, 11) is 0. The molecule has 1 aliphatic carbocycles. The second kappa shape index (κ2) is 5.32. The number of hydrogen-bond acceptors (Lipinski definition) is 4. The first-order chi connectivity index (χ1) is 8.56. The van der Waals surface area contributed by atoms with E-state index in [2.05, 4.69) is 10.6 Å². The van der Waals surface area contributed by atoms with Crippen LogP contribution >= 0.6 is 11.6 Å². The van der Waals surface area contributed by atoms with E-state index in [0.29, 0.717) is 11.7 Å². The maximum atomic E-state index is 11.5. The average molecular weight is 270 g/mol. The van der Waals surface area contributed by atoms with Crippen LogP contribution in [0.15, 0.2) is 18.2 Å². The molecule has 6 nitrogen and oxygen atoms in total. The van der Waals surface area contributed by atoms with E-state index in [4.69, 9.17) is 11.6 Å². The van der Waals surface area contributed by atoms with E-state index in [1.165, 1.54) is 18.2 Å². The molecule has 1 amide bonds. The Balaban J connectivity index is 1.94. The zero-order valence-electron chi connectivity index (χ0n) is 9.48. The molecule has 1 aliphatic rings. The van der Waals surface area contributed by atoms with Gasteiger partial charge in [0.2, 0.25) is 5.91 Å². The van der Waals surface area contributed by atoms with E-state index in [9.17, 15) is 14.9 Å². The van der Waals surface area contributed by atoms with Crippen molar-refractivity contribution < 1.29 is 9.72 Å². The molecule has 2 rings (SSSR count). The van der Waals surface area contributed by atoms with E-state index in [0.717, 1.165) is 12.8 Å². The number of amides is 1. The second-order valence-electron chi connectivity index (χ2n) is 4.13. The standard InChI is InChI=1S/C11H12ClN3O3/c12-9-5-8(3-4-10(9)15(17)18)14-11(16)6-13-7-1-2-7/h3-5,7,13H,1-2,6H2,(H,14,16). The third-order valence-corrected chi connectivity index (χ3v) is 2.86. The predicted octanol–water partition coefficient (Wildman–Crippen LogP) is 1.94. The molecule has 2 N–H and O–H groups in total. The third-order valence-electron chi connectivity index (χ3n) is 2.56. The number of rotatable bonds is 5. The number of carbonyl (C=O) groups excluding carboxylic acids is 1. The van der Waals surface area contributed by atoms with Crippen LogP contribution in [-0.4, -0.2) is 23.4 Å². The molecular weight excluding hydrogens is 258 g/mol. The quantitative estimate of drug-likeness (QED) is 0.632. The van der Waals surface area contributed by atoms with Gasteiger partial charge in [-0.1, -0.05) is 11.6 Å². The number of nitrogens with zero attached hydrogens (tertiary/aromatic N) is 1. The Morgan fingerprint density at radius 2 is 2.22 bits per heavy atom. The number of nitro benzene ring substituents is 1. The minimum absolute atomic E-state index is 0.00736. The number of halogens is 1. The lowest BCUT2D eigenvalue weighted by Crippen LogP contribution is -2.29. The van der Waals surface area contributed by atoms with Crippen LogP contribution in [-0.2, 0) is 4.79 Å². The summed E-state index contributed by atoms with van der Waals surface area (Å²) in [4.78, 5) is 21.5. The first kappa shape index (κ1) is 12.8. The van der Waals surface area contributed by atoms with Crippen molar-refractivity contribution in [2.24, 2.45) is 0 Å². The van der Waals surface area contributed by atoms with Gasteiger partial charge in [-0.05, 0) is 25.0 Å². The van der Waals surface area contributed by atoms with E-state index in [1.54, 1.807) is 0 Å². The Hall–Kier alpha value is -1.66. The molecule has 0 saturated heterocycles. The number of hydrogen-bond donors (Lipinski definition) is 2. The van der Waals surface area contributed by atoms with Gasteiger partial charge in [-0.25, -0.2) is 0 Å². The molecule has 0 heterocycles. The number of carbonyl (C=O) groups is 1. The van der Waals surface area contributed by atoms with Crippen LogP contribution in [0.25, 0.3) is 0 Å². The van der Waals surface area contributed by atoms with Crippen LogP contribution in [0.1, 0.15) is 12.8 Å². The topological polar surface area (TPSA) is 84.3 Å². The monoisotopic (exact) mass is 269 g/mol. The van der Waals surface area contributed by atoms with E-state index in [-0.39, 0.29) is 23.2 Å². The van der Waals surface area contributed by atoms with Crippen LogP contribution in [0.5, 0.6) is 0 Å². The van der Waals surface area contributed by atoms with E-state index < -0.39 is 4.92 Å². The lowest BCUT2D eigenvalue weighted by atomic mass is 10.3.